The number of hydrogen-bond acceptors (Lipinski definition) is 2. The van der Waals surface area contributed by atoms with Gasteiger partial charge in [-0.3, -0.25) is 9.97 Å². The van der Waals surface area contributed by atoms with Crippen LogP contribution in [0.5, 0.6) is 0 Å². The summed E-state index contributed by atoms with van der Waals surface area (Å²) in [5, 5.41) is 9.14. The standard InChI is InChI=1S/C54H48N4/c1-51(2)33-9-5-7-31-32-8-6-10-34-48(32)58(47(31)33)50-43(51)41-39-35(21-55-45-25-13-29-15-27-11-23(37(39)45)17-53(27,29)19-25)57-36-22-56-46-26-14-30-16-28-12-24(18-54(28,30)20-26)38(46)40(36)42(49(41)57)44(50)52(34,3)4/h5-10,21-30H,11-20H2,1-4H3. The van der Waals surface area contributed by atoms with E-state index in [4.69, 9.17) is 9.97 Å². The van der Waals surface area contributed by atoms with E-state index in [-0.39, 0.29) is 10.8 Å². The monoisotopic (exact) mass is 752 g/mol. The van der Waals surface area contributed by atoms with Crippen molar-refractivity contribution in [3.8, 4) is 5.69 Å². The molecular weight excluding hydrogens is 705 g/mol. The molecule has 8 aromatic rings. The molecule has 8 aliphatic carbocycles. The number of rotatable bonds is 0. The van der Waals surface area contributed by atoms with Gasteiger partial charge in [0, 0.05) is 66.4 Å². The maximum atomic E-state index is 5.71. The Bertz CT molecular complexity index is 3230. The molecule has 4 heteroatoms. The van der Waals surface area contributed by atoms with Gasteiger partial charge in [0.25, 0.3) is 0 Å². The Hall–Kier alpha value is -4.44. The average Bonchev–Trinajstić information content (AvgIpc) is 4.04. The number of pyridine rings is 2. The molecule has 5 aromatic heterocycles. The molecule has 0 radical (unpaired) electrons. The molecule has 10 unspecified atom stereocenters. The van der Waals surface area contributed by atoms with Gasteiger partial charge in [-0.15, -0.1) is 0 Å². The summed E-state index contributed by atoms with van der Waals surface area (Å²) in [5.41, 5.74) is 21.9. The van der Waals surface area contributed by atoms with E-state index in [9.17, 15) is 0 Å². The number of benzene rings is 3. The summed E-state index contributed by atoms with van der Waals surface area (Å²) in [7, 11) is 0. The Morgan fingerprint density at radius 2 is 0.966 bits per heavy atom. The van der Waals surface area contributed by atoms with Crippen LogP contribution in [0.15, 0.2) is 48.8 Å². The van der Waals surface area contributed by atoms with Gasteiger partial charge in [-0.2, -0.15) is 0 Å². The molecule has 2 spiro atoms. The van der Waals surface area contributed by atoms with Crippen molar-refractivity contribution in [2.45, 2.75) is 126 Å². The lowest BCUT2D eigenvalue weighted by molar-refractivity contribution is 0.00321. The van der Waals surface area contributed by atoms with Gasteiger partial charge in [0.15, 0.2) is 0 Å². The molecule has 3 aromatic carbocycles. The normalized spacial score (nSPS) is 37.4. The Labute approximate surface area is 337 Å². The molecule has 6 fully saturated rings. The number of hydrogen-bond donors (Lipinski definition) is 0. The van der Waals surface area contributed by atoms with Gasteiger partial charge in [-0.05, 0) is 144 Å². The summed E-state index contributed by atoms with van der Waals surface area (Å²) in [6.45, 7) is 10.3. The summed E-state index contributed by atoms with van der Waals surface area (Å²) in [4.78, 5) is 11.4. The fourth-order valence-corrected chi connectivity index (χ4v) is 19.5. The quantitative estimate of drug-likeness (QED) is 0.155. The minimum Gasteiger partial charge on any atom is -0.308 e. The average molecular weight is 753 g/mol. The van der Waals surface area contributed by atoms with Crippen LogP contribution in [0.1, 0.15) is 160 Å². The zero-order chi connectivity index (χ0) is 37.5. The third-order valence-corrected chi connectivity index (χ3v) is 21.3. The molecule has 4 nitrogen and oxygen atoms in total. The highest BCUT2D eigenvalue weighted by atomic mass is 15.0. The molecule has 284 valence electrons. The topological polar surface area (TPSA) is 35.1 Å². The third-order valence-electron chi connectivity index (χ3n) is 21.3. The third kappa shape index (κ3) is 2.59. The predicted octanol–water partition coefficient (Wildman–Crippen LogP) is 12.8. The number of nitrogens with zero attached hydrogens (tertiary/aromatic N) is 4. The molecule has 0 amide bonds. The zero-order valence-corrected chi connectivity index (χ0v) is 34.1. The summed E-state index contributed by atoms with van der Waals surface area (Å²) in [6.07, 6.45) is 18.8. The minimum absolute atomic E-state index is 0.195. The summed E-state index contributed by atoms with van der Waals surface area (Å²) < 4.78 is 5.61. The van der Waals surface area contributed by atoms with Crippen molar-refractivity contribution >= 4 is 59.9 Å². The fourth-order valence-electron chi connectivity index (χ4n) is 19.5. The Balaban J connectivity index is 1.12. The zero-order valence-electron chi connectivity index (χ0n) is 34.1. The number of aromatic nitrogens is 4. The first-order valence-corrected chi connectivity index (χ1v) is 23.4. The van der Waals surface area contributed by atoms with Crippen molar-refractivity contribution in [3.63, 3.8) is 0 Å². The predicted molar refractivity (Wildman–Crippen MR) is 231 cm³/mol. The maximum absolute atomic E-state index is 5.71. The van der Waals surface area contributed by atoms with E-state index in [2.05, 4.69) is 85.5 Å². The Morgan fingerprint density at radius 1 is 0.517 bits per heavy atom. The maximum Gasteiger partial charge on any atom is 0.0728 e. The fraction of sp³-hybridized carbons (Fsp3) is 0.481. The van der Waals surface area contributed by atoms with Gasteiger partial charge in [0.2, 0.25) is 0 Å². The van der Waals surface area contributed by atoms with E-state index in [0.29, 0.717) is 34.5 Å². The van der Waals surface area contributed by atoms with Crippen molar-refractivity contribution in [2.75, 3.05) is 0 Å². The lowest BCUT2D eigenvalue weighted by atomic mass is 9.56. The summed E-state index contributed by atoms with van der Waals surface area (Å²) in [6, 6.07) is 14.5. The Kier molecular flexibility index (Phi) is 4.27. The van der Waals surface area contributed by atoms with Crippen LogP contribution in [0, 0.1) is 34.5 Å². The molecular formula is C54H48N4. The van der Waals surface area contributed by atoms with Crippen LogP contribution < -0.4 is 0 Å². The number of para-hydroxylation sites is 2. The molecule has 58 heavy (non-hydrogen) atoms. The van der Waals surface area contributed by atoms with Gasteiger partial charge in [-0.1, -0.05) is 64.1 Å². The van der Waals surface area contributed by atoms with Crippen LogP contribution in [0.25, 0.3) is 65.6 Å². The minimum atomic E-state index is -0.195. The molecule has 18 rings (SSSR count). The first-order valence-electron chi connectivity index (χ1n) is 23.4. The van der Waals surface area contributed by atoms with Gasteiger partial charge in [0.05, 0.1) is 45.7 Å². The van der Waals surface area contributed by atoms with Gasteiger partial charge in [0.1, 0.15) is 0 Å². The lowest BCUT2D eigenvalue weighted by Crippen LogP contribution is -2.41. The van der Waals surface area contributed by atoms with Crippen molar-refractivity contribution in [1.82, 2.24) is 18.9 Å². The van der Waals surface area contributed by atoms with E-state index < -0.39 is 0 Å². The first-order chi connectivity index (χ1) is 28.2. The van der Waals surface area contributed by atoms with E-state index in [0.717, 1.165) is 23.7 Å². The SMILES string of the molecule is CC1(C)c2c3c(c4c5c6c(ncc5n5c7cnc8c(c7c2c45)C2CC4CC5CC8CC54C2)C2CC4CC5CC6CC45C2)C(C)(C)c2cccc4c5cccc1c5n-3c24. The first kappa shape index (κ1) is 29.7. The second kappa shape index (κ2) is 8.32. The van der Waals surface area contributed by atoms with Gasteiger partial charge < -0.3 is 8.97 Å². The van der Waals surface area contributed by atoms with E-state index in [1.165, 1.54) is 131 Å². The van der Waals surface area contributed by atoms with Crippen LogP contribution in [0.3, 0.4) is 0 Å². The van der Waals surface area contributed by atoms with Crippen LogP contribution in [-0.4, -0.2) is 18.9 Å². The molecule has 2 aliphatic heterocycles. The van der Waals surface area contributed by atoms with Crippen molar-refractivity contribution in [1.29, 1.82) is 0 Å². The largest absolute Gasteiger partial charge is 0.308 e. The van der Waals surface area contributed by atoms with E-state index >= 15 is 0 Å². The summed E-state index contributed by atoms with van der Waals surface area (Å²) in [5.74, 6) is 6.24. The second-order valence-electron chi connectivity index (χ2n) is 23.4. The molecule has 7 heterocycles. The smallest absolute Gasteiger partial charge is 0.0728 e. The van der Waals surface area contributed by atoms with Crippen LogP contribution in [0.2, 0.25) is 0 Å². The van der Waals surface area contributed by atoms with Crippen molar-refractivity contribution in [2.24, 2.45) is 34.5 Å². The van der Waals surface area contributed by atoms with Crippen LogP contribution in [0.4, 0.5) is 0 Å². The molecule has 10 aliphatic rings. The van der Waals surface area contributed by atoms with Crippen molar-refractivity contribution in [3.05, 3.63) is 93.6 Å². The highest BCUT2D eigenvalue weighted by Crippen LogP contribution is 2.78. The molecule has 0 N–H and O–H groups in total. The highest BCUT2D eigenvalue weighted by molar-refractivity contribution is 6.30. The van der Waals surface area contributed by atoms with Gasteiger partial charge in [-0.25, -0.2) is 0 Å². The lowest BCUT2D eigenvalue weighted by Gasteiger charge is -2.48. The van der Waals surface area contributed by atoms with Crippen LogP contribution in [-0.2, 0) is 10.8 Å². The van der Waals surface area contributed by atoms with E-state index in [1.54, 1.807) is 43.8 Å². The number of fused-ring (bicyclic) bond motifs is 21. The van der Waals surface area contributed by atoms with Gasteiger partial charge >= 0.3 is 0 Å². The second-order valence-corrected chi connectivity index (χ2v) is 23.4. The Morgan fingerprint density at radius 3 is 1.45 bits per heavy atom. The molecule has 0 saturated heterocycles. The molecule has 6 bridgehead atoms. The van der Waals surface area contributed by atoms with Crippen molar-refractivity contribution < 1.29 is 0 Å². The van der Waals surface area contributed by atoms with E-state index in [1.807, 2.05) is 0 Å². The molecule has 10 atom stereocenters. The summed E-state index contributed by atoms with van der Waals surface area (Å²) >= 11 is 0. The molecule has 6 saturated carbocycles. The highest BCUT2D eigenvalue weighted by Gasteiger charge is 2.67. The van der Waals surface area contributed by atoms with Crippen LogP contribution >= 0.6 is 0 Å².